The predicted molar refractivity (Wildman–Crippen MR) is 103 cm³/mol. The van der Waals surface area contributed by atoms with Crippen molar-refractivity contribution in [2.24, 2.45) is 23.7 Å². The highest BCUT2D eigenvalue weighted by molar-refractivity contribution is 7.15. The highest BCUT2D eigenvalue weighted by atomic mass is 32.1. The third-order valence-electron chi connectivity index (χ3n) is 6.21. The van der Waals surface area contributed by atoms with Crippen LogP contribution >= 0.6 is 11.3 Å². The number of aromatic nitrogens is 1. The van der Waals surface area contributed by atoms with Crippen LogP contribution in [0.1, 0.15) is 57.0 Å². The van der Waals surface area contributed by atoms with Crippen molar-refractivity contribution < 1.29 is 9.59 Å². The number of aryl methyl sites for hydroxylation is 1. The molecule has 142 valence electrons. The summed E-state index contributed by atoms with van der Waals surface area (Å²) < 4.78 is 0. The first kappa shape index (κ1) is 18.0. The van der Waals surface area contributed by atoms with Gasteiger partial charge < -0.3 is 10.2 Å². The summed E-state index contributed by atoms with van der Waals surface area (Å²) >= 11 is 1.60. The number of fused-ring (bicyclic) bond motifs is 1. The van der Waals surface area contributed by atoms with E-state index in [1.807, 2.05) is 0 Å². The maximum absolute atomic E-state index is 12.8. The van der Waals surface area contributed by atoms with Crippen LogP contribution < -0.4 is 5.32 Å². The van der Waals surface area contributed by atoms with Crippen LogP contribution in [0.3, 0.4) is 0 Å². The summed E-state index contributed by atoms with van der Waals surface area (Å²) in [7, 11) is 0. The van der Waals surface area contributed by atoms with Gasteiger partial charge in [0.05, 0.1) is 5.69 Å². The van der Waals surface area contributed by atoms with Gasteiger partial charge in [-0.1, -0.05) is 20.8 Å². The molecule has 0 aliphatic heterocycles. The molecule has 0 aromatic carbocycles. The van der Waals surface area contributed by atoms with Crippen molar-refractivity contribution in [3.8, 4) is 0 Å². The van der Waals surface area contributed by atoms with E-state index in [1.54, 1.807) is 11.3 Å². The van der Waals surface area contributed by atoms with Crippen LogP contribution in [0.25, 0.3) is 0 Å². The lowest BCUT2D eigenvalue weighted by Gasteiger charge is -2.34. The maximum Gasteiger partial charge on any atom is 0.229 e. The van der Waals surface area contributed by atoms with Crippen LogP contribution in [0, 0.1) is 23.7 Å². The first-order valence-electron chi connectivity index (χ1n) is 10.1. The summed E-state index contributed by atoms with van der Waals surface area (Å²) in [5, 5.41) is 3.75. The van der Waals surface area contributed by atoms with E-state index in [0.29, 0.717) is 17.7 Å². The molecule has 2 amide bonds. The van der Waals surface area contributed by atoms with Crippen molar-refractivity contribution in [1.29, 1.82) is 0 Å². The van der Waals surface area contributed by atoms with Gasteiger partial charge in [-0.2, -0.15) is 0 Å². The van der Waals surface area contributed by atoms with Gasteiger partial charge in [0.25, 0.3) is 0 Å². The van der Waals surface area contributed by atoms with Crippen LogP contribution in [-0.2, 0) is 22.4 Å². The number of carbonyl (C=O) groups excluding carboxylic acids is 2. The lowest BCUT2D eigenvalue weighted by molar-refractivity contribution is -0.135. The number of thiazole rings is 1. The summed E-state index contributed by atoms with van der Waals surface area (Å²) in [4.78, 5) is 33.0. The third-order valence-corrected chi connectivity index (χ3v) is 7.24. The Morgan fingerprint density at radius 3 is 2.54 bits per heavy atom. The van der Waals surface area contributed by atoms with Crippen molar-refractivity contribution in [3.05, 3.63) is 10.6 Å². The quantitative estimate of drug-likeness (QED) is 0.828. The van der Waals surface area contributed by atoms with Crippen molar-refractivity contribution >= 4 is 28.3 Å². The van der Waals surface area contributed by atoms with Crippen molar-refractivity contribution in [2.75, 3.05) is 11.9 Å². The van der Waals surface area contributed by atoms with Crippen molar-refractivity contribution in [2.45, 2.75) is 65.3 Å². The third kappa shape index (κ3) is 3.53. The Morgan fingerprint density at radius 2 is 1.92 bits per heavy atom. The molecule has 3 aliphatic carbocycles. The van der Waals surface area contributed by atoms with E-state index < -0.39 is 0 Å². The normalized spacial score (nSPS) is 31.9. The largest absolute Gasteiger partial charge is 0.339 e. The predicted octanol–water partition coefficient (Wildman–Crippen LogP) is 3.49. The summed E-state index contributed by atoms with van der Waals surface area (Å²) in [6.07, 6.45) is 5.81. The molecule has 1 heterocycles. The molecule has 1 N–H and O–H groups in total. The van der Waals surface area contributed by atoms with Gasteiger partial charge in [-0.25, -0.2) is 4.98 Å². The molecule has 0 spiro atoms. The first-order valence-corrected chi connectivity index (χ1v) is 10.9. The molecule has 5 nitrogen and oxygen atoms in total. The Balaban J connectivity index is 1.43. The summed E-state index contributed by atoms with van der Waals surface area (Å²) in [6, 6.07) is 0.287. The molecule has 1 aromatic heterocycles. The van der Waals surface area contributed by atoms with Gasteiger partial charge in [0.1, 0.15) is 0 Å². The van der Waals surface area contributed by atoms with Gasteiger partial charge in [0.15, 0.2) is 5.13 Å². The topological polar surface area (TPSA) is 62.3 Å². The van der Waals surface area contributed by atoms with Gasteiger partial charge >= 0.3 is 0 Å². The Bertz CT molecular complexity index is 716. The summed E-state index contributed by atoms with van der Waals surface area (Å²) in [5.41, 5.74) is 1.12. The average molecular weight is 376 g/mol. The standard InChI is InChI=1S/C20H29N3O2S/c1-4-7-23(19(25)15-9-12(15)3)13-5-6-16-17(10-13)26-20(21-16)22-18(24)14-8-11(14)2/h11-15H,4-10H2,1-3H3,(H,21,22,24)/t11-,12-,13+,14-,15+/m0/s1. The van der Waals surface area contributed by atoms with Gasteiger partial charge in [0, 0.05) is 35.7 Å². The van der Waals surface area contributed by atoms with E-state index in [-0.39, 0.29) is 23.8 Å². The van der Waals surface area contributed by atoms with E-state index in [4.69, 9.17) is 0 Å². The number of hydrogen-bond donors (Lipinski definition) is 1. The van der Waals surface area contributed by atoms with E-state index in [9.17, 15) is 9.59 Å². The molecule has 1 aromatic rings. The zero-order chi connectivity index (χ0) is 18.4. The Morgan fingerprint density at radius 1 is 1.23 bits per heavy atom. The van der Waals surface area contributed by atoms with Crippen LogP contribution in [0.4, 0.5) is 5.13 Å². The number of nitrogens with zero attached hydrogens (tertiary/aromatic N) is 2. The SMILES string of the molecule is CCCN(C(=O)[C@@H]1C[C@@H]1C)[C@@H]1CCc2nc(NC(=O)[C@H]3C[C@@H]3C)sc2C1. The van der Waals surface area contributed by atoms with Crippen LogP contribution in [0.15, 0.2) is 0 Å². The maximum atomic E-state index is 12.8. The second-order valence-corrected chi connectivity index (χ2v) is 9.53. The molecular formula is C20H29N3O2S. The second kappa shape index (κ2) is 6.95. The van der Waals surface area contributed by atoms with Gasteiger partial charge in [-0.3, -0.25) is 9.59 Å². The summed E-state index contributed by atoms with van der Waals surface area (Å²) in [6.45, 7) is 7.28. The van der Waals surface area contributed by atoms with Crippen LogP contribution in [0.2, 0.25) is 0 Å². The smallest absolute Gasteiger partial charge is 0.229 e. The minimum atomic E-state index is 0.116. The highest BCUT2D eigenvalue weighted by Crippen LogP contribution is 2.41. The molecule has 4 rings (SSSR count). The zero-order valence-corrected chi connectivity index (χ0v) is 16.8. The number of hydrogen-bond acceptors (Lipinski definition) is 4. The number of rotatable bonds is 6. The number of nitrogens with one attached hydrogen (secondary N) is 1. The molecule has 26 heavy (non-hydrogen) atoms. The lowest BCUT2D eigenvalue weighted by atomic mass is 9.95. The first-order chi connectivity index (χ1) is 12.5. The molecular weight excluding hydrogens is 346 g/mol. The van der Waals surface area contributed by atoms with E-state index in [0.717, 1.165) is 55.9 Å². The molecule has 5 atom stereocenters. The van der Waals surface area contributed by atoms with E-state index >= 15 is 0 Å². The fraction of sp³-hybridized carbons (Fsp3) is 0.750. The van der Waals surface area contributed by atoms with Crippen molar-refractivity contribution in [1.82, 2.24) is 9.88 Å². The van der Waals surface area contributed by atoms with Crippen molar-refractivity contribution in [3.63, 3.8) is 0 Å². The molecule has 0 radical (unpaired) electrons. The molecule has 3 aliphatic rings. The van der Waals surface area contributed by atoms with E-state index in [2.05, 4.69) is 36.0 Å². The van der Waals surface area contributed by atoms with Crippen LogP contribution in [-0.4, -0.2) is 34.3 Å². The minimum absolute atomic E-state index is 0.116. The van der Waals surface area contributed by atoms with Gasteiger partial charge in [-0.15, -0.1) is 11.3 Å². The number of carbonyl (C=O) groups is 2. The molecule has 2 saturated carbocycles. The monoisotopic (exact) mass is 375 g/mol. The molecule has 6 heteroatoms. The molecule has 0 unspecified atom stereocenters. The fourth-order valence-corrected chi connectivity index (χ4v) is 5.24. The molecule has 0 bridgehead atoms. The Kier molecular flexibility index (Phi) is 4.80. The second-order valence-electron chi connectivity index (χ2n) is 8.45. The Labute approximate surface area is 159 Å². The highest BCUT2D eigenvalue weighted by Gasteiger charge is 2.43. The fourth-order valence-electron chi connectivity index (χ4n) is 4.16. The molecule has 2 fully saturated rings. The minimum Gasteiger partial charge on any atom is -0.339 e. The summed E-state index contributed by atoms with van der Waals surface area (Å²) in [5.74, 6) is 1.95. The lowest BCUT2D eigenvalue weighted by Crippen LogP contribution is -2.44. The van der Waals surface area contributed by atoms with E-state index in [1.165, 1.54) is 4.88 Å². The van der Waals surface area contributed by atoms with Gasteiger partial charge in [-0.05, 0) is 43.9 Å². The zero-order valence-electron chi connectivity index (χ0n) is 16.0. The number of anilines is 1. The molecule has 0 saturated heterocycles. The Hall–Kier alpha value is -1.43. The van der Waals surface area contributed by atoms with Gasteiger partial charge in [0.2, 0.25) is 11.8 Å². The average Bonchev–Trinajstić information content (AvgIpc) is 3.48. The van der Waals surface area contributed by atoms with Crippen LogP contribution in [0.5, 0.6) is 0 Å². The number of amides is 2.